The van der Waals surface area contributed by atoms with Gasteiger partial charge in [-0.05, 0) is 38.5 Å². The minimum atomic E-state index is -0.885. The Morgan fingerprint density at radius 3 is 2.36 bits per heavy atom. The number of carbonyl (C=O) groups excluding carboxylic acids is 1. The van der Waals surface area contributed by atoms with Gasteiger partial charge in [0.2, 0.25) is 0 Å². The van der Waals surface area contributed by atoms with Crippen molar-refractivity contribution in [3.05, 3.63) is 53.1 Å². The molecule has 6 nitrogen and oxygen atoms in total. The van der Waals surface area contributed by atoms with Gasteiger partial charge in [0.05, 0.1) is 17.2 Å². The number of aryl methyl sites for hydroxylation is 2. The van der Waals surface area contributed by atoms with Crippen LogP contribution in [0.15, 0.2) is 30.5 Å². The molecule has 1 amide bonds. The number of amides is 1. The zero-order valence-electron chi connectivity index (χ0n) is 12.6. The van der Waals surface area contributed by atoms with Crippen LogP contribution in [0.2, 0.25) is 0 Å². The molecule has 0 saturated carbocycles. The molecule has 0 aliphatic heterocycles. The third kappa shape index (κ3) is 3.46. The van der Waals surface area contributed by atoms with Gasteiger partial charge in [0.1, 0.15) is 5.82 Å². The number of benzene rings is 1. The smallest absolute Gasteiger partial charge is 0.310 e. The largest absolute Gasteiger partial charge is 0.481 e. The summed E-state index contributed by atoms with van der Waals surface area (Å²) in [5.41, 5.74) is 2.29. The van der Waals surface area contributed by atoms with Gasteiger partial charge in [-0.1, -0.05) is 12.1 Å². The molecular formula is C16H17N3O3. The number of hydrogen-bond acceptors (Lipinski definition) is 4. The highest BCUT2D eigenvalue weighted by molar-refractivity contribution is 6.04. The van der Waals surface area contributed by atoms with Crippen molar-refractivity contribution in [1.82, 2.24) is 9.97 Å². The molecule has 1 aromatic carbocycles. The van der Waals surface area contributed by atoms with E-state index in [2.05, 4.69) is 15.3 Å². The quantitative estimate of drug-likeness (QED) is 0.905. The molecule has 0 saturated heterocycles. The minimum Gasteiger partial charge on any atom is -0.481 e. The average molecular weight is 299 g/mol. The minimum absolute atomic E-state index is 0.295. The molecule has 22 heavy (non-hydrogen) atoms. The monoisotopic (exact) mass is 299 g/mol. The first-order valence-electron chi connectivity index (χ1n) is 6.83. The summed E-state index contributed by atoms with van der Waals surface area (Å²) >= 11 is 0. The number of aliphatic carboxylic acids is 1. The normalized spacial score (nSPS) is 11.8. The fourth-order valence-electron chi connectivity index (χ4n) is 2.00. The molecule has 1 aromatic heterocycles. The zero-order chi connectivity index (χ0) is 16.3. The molecule has 0 fully saturated rings. The van der Waals surface area contributed by atoms with Gasteiger partial charge in [-0.3, -0.25) is 9.59 Å². The second kappa shape index (κ2) is 6.34. The van der Waals surface area contributed by atoms with Crippen LogP contribution in [0, 0.1) is 13.8 Å². The standard InChI is InChI=1S/C16H17N3O3/c1-9(16(21)22)12-4-6-13(7-5-12)19-15(20)14-8-17-11(3)18-10(14)2/h4-9H,1-3H3,(H,19,20)(H,21,22). The zero-order valence-corrected chi connectivity index (χ0v) is 12.6. The van der Waals surface area contributed by atoms with E-state index in [1.165, 1.54) is 6.20 Å². The van der Waals surface area contributed by atoms with Crippen LogP contribution in [0.4, 0.5) is 5.69 Å². The number of hydrogen-bond donors (Lipinski definition) is 2. The summed E-state index contributed by atoms with van der Waals surface area (Å²) in [4.78, 5) is 31.3. The van der Waals surface area contributed by atoms with Gasteiger partial charge in [0.15, 0.2) is 0 Å². The molecule has 0 spiro atoms. The number of nitrogens with zero attached hydrogens (tertiary/aromatic N) is 2. The molecule has 1 atom stereocenters. The topological polar surface area (TPSA) is 92.2 Å². The lowest BCUT2D eigenvalue weighted by molar-refractivity contribution is -0.138. The Labute approximate surface area is 128 Å². The maximum atomic E-state index is 12.2. The third-order valence-electron chi connectivity index (χ3n) is 3.38. The Balaban J connectivity index is 2.13. The molecule has 6 heteroatoms. The Morgan fingerprint density at radius 2 is 1.82 bits per heavy atom. The fraction of sp³-hybridized carbons (Fsp3) is 0.250. The summed E-state index contributed by atoms with van der Waals surface area (Å²) in [5, 5.41) is 11.7. The van der Waals surface area contributed by atoms with Gasteiger partial charge in [0.25, 0.3) is 5.91 Å². The van der Waals surface area contributed by atoms with Crippen molar-refractivity contribution in [2.75, 3.05) is 5.32 Å². The van der Waals surface area contributed by atoms with E-state index in [0.29, 0.717) is 28.3 Å². The predicted molar refractivity (Wildman–Crippen MR) is 82.0 cm³/mol. The Kier molecular flexibility index (Phi) is 4.50. The maximum Gasteiger partial charge on any atom is 0.310 e. The van der Waals surface area contributed by atoms with Crippen LogP contribution < -0.4 is 5.32 Å². The second-order valence-corrected chi connectivity index (χ2v) is 5.05. The van der Waals surface area contributed by atoms with E-state index < -0.39 is 11.9 Å². The van der Waals surface area contributed by atoms with Crippen molar-refractivity contribution in [3.8, 4) is 0 Å². The van der Waals surface area contributed by atoms with E-state index in [9.17, 15) is 9.59 Å². The number of aromatic nitrogens is 2. The van der Waals surface area contributed by atoms with Gasteiger partial charge in [-0.2, -0.15) is 0 Å². The molecule has 0 aliphatic carbocycles. The van der Waals surface area contributed by atoms with Gasteiger partial charge >= 0.3 is 5.97 Å². The average Bonchev–Trinajstić information content (AvgIpc) is 2.47. The Hall–Kier alpha value is -2.76. The van der Waals surface area contributed by atoms with E-state index in [1.54, 1.807) is 45.0 Å². The summed E-state index contributed by atoms with van der Waals surface area (Å²) in [6.07, 6.45) is 1.49. The molecule has 0 bridgehead atoms. The lowest BCUT2D eigenvalue weighted by Crippen LogP contribution is -2.15. The van der Waals surface area contributed by atoms with Crippen molar-refractivity contribution < 1.29 is 14.7 Å². The predicted octanol–water partition coefficient (Wildman–Crippen LogP) is 2.53. The molecule has 2 N–H and O–H groups in total. The highest BCUT2D eigenvalue weighted by Gasteiger charge is 2.14. The van der Waals surface area contributed by atoms with E-state index >= 15 is 0 Å². The molecule has 114 valence electrons. The van der Waals surface area contributed by atoms with Crippen molar-refractivity contribution in [2.45, 2.75) is 26.7 Å². The van der Waals surface area contributed by atoms with Crippen LogP contribution in [-0.2, 0) is 4.79 Å². The van der Waals surface area contributed by atoms with Crippen molar-refractivity contribution in [1.29, 1.82) is 0 Å². The summed E-state index contributed by atoms with van der Waals surface area (Å²) < 4.78 is 0. The molecular weight excluding hydrogens is 282 g/mol. The molecule has 1 unspecified atom stereocenters. The van der Waals surface area contributed by atoms with Crippen LogP contribution in [0.25, 0.3) is 0 Å². The number of rotatable bonds is 4. The fourth-order valence-corrected chi connectivity index (χ4v) is 2.00. The van der Waals surface area contributed by atoms with E-state index in [0.717, 1.165) is 0 Å². The van der Waals surface area contributed by atoms with Crippen molar-refractivity contribution in [2.24, 2.45) is 0 Å². The van der Waals surface area contributed by atoms with Crippen molar-refractivity contribution in [3.63, 3.8) is 0 Å². The Morgan fingerprint density at radius 1 is 1.18 bits per heavy atom. The number of carboxylic acids is 1. The lowest BCUT2D eigenvalue weighted by Gasteiger charge is -2.10. The van der Waals surface area contributed by atoms with Gasteiger partial charge < -0.3 is 10.4 Å². The van der Waals surface area contributed by atoms with E-state index in [1.807, 2.05) is 0 Å². The second-order valence-electron chi connectivity index (χ2n) is 5.05. The first-order valence-corrected chi connectivity index (χ1v) is 6.83. The summed E-state index contributed by atoms with van der Waals surface area (Å²) in [7, 11) is 0. The summed E-state index contributed by atoms with van der Waals surface area (Å²) in [6, 6.07) is 6.73. The van der Waals surface area contributed by atoms with Crippen molar-refractivity contribution >= 4 is 17.6 Å². The number of nitrogens with one attached hydrogen (secondary N) is 1. The number of anilines is 1. The van der Waals surface area contributed by atoms with Crippen LogP contribution in [-0.4, -0.2) is 27.0 Å². The van der Waals surface area contributed by atoms with Crippen LogP contribution in [0.3, 0.4) is 0 Å². The highest BCUT2D eigenvalue weighted by atomic mass is 16.4. The van der Waals surface area contributed by atoms with Crippen LogP contribution in [0.5, 0.6) is 0 Å². The first-order chi connectivity index (χ1) is 10.4. The third-order valence-corrected chi connectivity index (χ3v) is 3.38. The number of carboxylic acid groups (broad SMARTS) is 1. The SMILES string of the molecule is Cc1ncc(C(=O)Nc2ccc(C(C)C(=O)O)cc2)c(C)n1. The van der Waals surface area contributed by atoms with Gasteiger partial charge in [0, 0.05) is 11.9 Å². The first kappa shape index (κ1) is 15.6. The Bertz CT molecular complexity index is 711. The molecule has 0 radical (unpaired) electrons. The van der Waals surface area contributed by atoms with Gasteiger partial charge in [-0.15, -0.1) is 0 Å². The summed E-state index contributed by atoms with van der Waals surface area (Å²) in [6.45, 7) is 5.13. The molecule has 2 aromatic rings. The molecule has 2 rings (SSSR count). The molecule has 1 heterocycles. The van der Waals surface area contributed by atoms with E-state index in [4.69, 9.17) is 5.11 Å². The number of carbonyl (C=O) groups is 2. The molecule has 0 aliphatic rings. The summed E-state index contributed by atoms with van der Waals surface area (Å²) in [5.74, 6) is -1.15. The maximum absolute atomic E-state index is 12.2. The van der Waals surface area contributed by atoms with E-state index in [-0.39, 0.29) is 5.91 Å². The van der Waals surface area contributed by atoms with Crippen LogP contribution in [0.1, 0.15) is 40.3 Å². The van der Waals surface area contributed by atoms with Crippen LogP contribution >= 0.6 is 0 Å². The lowest BCUT2D eigenvalue weighted by atomic mass is 10.0. The van der Waals surface area contributed by atoms with Gasteiger partial charge in [-0.25, -0.2) is 9.97 Å². The highest BCUT2D eigenvalue weighted by Crippen LogP contribution is 2.19.